The lowest BCUT2D eigenvalue weighted by Gasteiger charge is -2.27. The van der Waals surface area contributed by atoms with Gasteiger partial charge in [0, 0.05) is 24.2 Å². The zero-order chi connectivity index (χ0) is 15.2. The molecule has 116 valence electrons. The van der Waals surface area contributed by atoms with Crippen molar-refractivity contribution in [2.24, 2.45) is 0 Å². The van der Waals surface area contributed by atoms with Gasteiger partial charge in [-0.05, 0) is 37.5 Å². The number of likely N-dealkylation sites (tertiary alicyclic amines) is 1. The van der Waals surface area contributed by atoms with Crippen LogP contribution >= 0.6 is 0 Å². The van der Waals surface area contributed by atoms with Gasteiger partial charge in [-0.2, -0.15) is 0 Å². The summed E-state index contributed by atoms with van der Waals surface area (Å²) in [5.41, 5.74) is 1.84. The first kappa shape index (κ1) is 13.7. The number of benzene rings is 1. The molecule has 6 heteroatoms. The van der Waals surface area contributed by atoms with Gasteiger partial charge in [-0.3, -0.25) is 9.59 Å². The van der Waals surface area contributed by atoms with E-state index in [-0.39, 0.29) is 11.8 Å². The average Bonchev–Trinajstić information content (AvgIpc) is 3.15. The first-order valence-corrected chi connectivity index (χ1v) is 7.74. The molecule has 1 N–H and O–H groups in total. The van der Waals surface area contributed by atoms with E-state index < -0.39 is 5.79 Å². The summed E-state index contributed by atoms with van der Waals surface area (Å²) >= 11 is 0. The maximum absolute atomic E-state index is 12.6. The van der Waals surface area contributed by atoms with Crippen molar-refractivity contribution in [3.8, 4) is 0 Å². The average molecular weight is 302 g/mol. The molecule has 0 unspecified atom stereocenters. The molecule has 6 nitrogen and oxygen atoms in total. The molecule has 3 heterocycles. The van der Waals surface area contributed by atoms with E-state index in [9.17, 15) is 9.59 Å². The van der Waals surface area contributed by atoms with E-state index in [1.807, 2.05) is 4.90 Å². The third-order valence-corrected chi connectivity index (χ3v) is 4.51. The Kier molecular flexibility index (Phi) is 3.16. The van der Waals surface area contributed by atoms with Gasteiger partial charge in [0.1, 0.15) is 0 Å². The number of rotatable bonds is 1. The summed E-state index contributed by atoms with van der Waals surface area (Å²) in [6.45, 7) is 2.34. The van der Waals surface area contributed by atoms with Crippen LogP contribution in [0.2, 0.25) is 0 Å². The van der Waals surface area contributed by atoms with Crippen LogP contribution in [0.1, 0.15) is 35.2 Å². The molecule has 2 fully saturated rings. The van der Waals surface area contributed by atoms with Crippen LogP contribution in [0.25, 0.3) is 0 Å². The highest BCUT2D eigenvalue weighted by Crippen LogP contribution is 2.42. The topological polar surface area (TPSA) is 67.9 Å². The fourth-order valence-corrected chi connectivity index (χ4v) is 3.36. The maximum atomic E-state index is 12.6. The summed E-state index contributed by atoms with van der Waals surface area (Å²) in [7, 11) is 0. The molecule has 0 aromatic heterocycles. The lowest BCUT2D eigenvalue weighted by Crippen LogP contribution is -2.36. The van der Waals surface area contributed by atoms with Crippen LogP contribution in [-0.2, 0) is 20.1 Å². The quantitative estimate of drug-likeness (QED) is 0.853. The second-order valence-electron chi connectivity index (χ2n) is 5.88. The Balaban J connectivity index is 1.68. The summed E-state index contributed by atoms with van der Waals surface area (Å²) < 4.78 is 11.1. The molecule has 1 aromatic carbocycles. The Morgan fingerprint density at radius 2 is 1.86 bits per heavy atom. The van der Waals surface area contributed by atoms with Crippen LogP contribution in [-0.4, -0.2) is 43.0 Å². The van der Waals surface area contributed by atoms with Gasteiger partial charge in [-0.25, -0.2) is 0 Å². The number of ether oxygens (including phenoxy) is 2. The van der Waals surface area contributed by atoms with Crippen molar-refractivity contribution >= 4 is 17.5 Å². The van der Waals surface area contributed by atoms with Gasteiger partial charge >= 0.3 is 0 Å². The van der Waals surface area contributed by atoms with Crippen molar-refractivity contribution in [2.75, 3.05) is 31.6 Å². The molecule has 3 aliphatic heterocycles. The SMILES string of the molecule is O=C(c1ccc2c(c1)C1(OCCO1)C(=O)N2)N1CCCCC1. The number of piperidine rings is 1. The summed E-state index contributed by atoms with van der Waals surface area (Å²) in [4.78, 5) is 26.7. The zero-order valence-corrected chi connectivity index (χ0v) is 12.3. The van der Waals surface area contributed by atoms with E-state index in [1.165, 1.54) is 6.42 Å². The van der Waals surface area contributed by atoms with E-state index in [0.717, 1.165) is 25.9 Å². The summed E-state index contributed by atoms with van der Waals surface area (Å²) in [5.74, 6) is -1.68. The summed E-state index contributed by atoms with van der Waals surface area (Å²) in [6, 6.07) is 5.24. The molecular formula is C16H18N2O4. The molecule has 3 aliphatic rings. The van der Waals surface area contributed by atoms with Crippen LogP contribution in [0, 0.1) is 0 Å². The van der Waals surface area contributed by atoms with E-state index in [1.54, 1.807) is 18.2 Å². The number of nitrogens with one attached hydrogen (secondary N) is 1. The summed E-state index contributed by atoms with van der Waals surface area (Å²) in [6.07, 6.45) is 3.27. The maximum Gasteiger partial charge on any atom is 0.289 e. The molecule has 4 rings (SSSR count). The Bertz CT molecular complexity index is 631. The van der Waals surface area contributed by atoms with Crippen molar-refractivity contribution in [2.45, 2.75) is 25.0 Å². The minimum absolute atomic E-state index is 0.00926. The highest BCUT2D eigenvalue weighted by atomic mass is 16.7. The minimum atomic E-state index is -1.37. The van der Waals surface area contributed by atoms with Crippen molar-refractivity contribution in [3.05, 3.63) is 29.3 Å². The second kappa shape index (κ2) is 5.07. The molecule has 0 aliphatic carbocycles. The fraction of sp³-hybridized carbons (Fsp3) is 0.500. The second-order valence-corrected chi connectivity index (χ2v) is 5.88. The lowest BCUT2D eigenvalue weighted by atomic mass is 10.0. The van der Waals surface area contributed by atoms with Gasteiger partial charge in [0.15, 0.2) is 0 Å². The standard InChI is InChI=1S/C16H18N2O4/c19-14(18-6-2-1-3-7-18)11-4-5-13-12(10-11)16(15(20)17-13)21-8-9-22-16/h4-5,10H,1-3,6-9H2,(H,17,20). The number of hydrogen-bond donors (Lipinski definition) is 1. The van der Waals surface area contributed by atoms with Crippen LogP contribution in [0.3, 0.4) is 0 Å². The van der Waals surface area contributed by atoms with Gasteiger partial charge in [0.05, 0.1) is 18.9 Å². The van der Waals surface area contributed by atoms with E-state index in [0.29, 0.717) is 30.0 Å². The molecule has 0 radical (unpaired) electrons. The van der Waals surface area contributed by atoms with Crippen LogP contribution < -0.4 is 5.32 Å². The Hall–Kier alpha value is -1.92. The predicted molar refractivity (Wildman–Crippen MR) is 78.4 cm³/mol. The van der Waals surface area contributed by atoms with Crippen LogP contribution in [0.15, 0.2) is 18.2 Å². The molecule has 0 bridgehead atoms. The van der Waals surface area contributed by atoms with Crippen molar-refractivity contribution in [3.63, 3.8) is 0 Å². The molecule has 0 saturated carbocycles. The molecule has 2 saturated heterocycles. The third kappa shape index (κ3) is 1.94. The van der Waals surface area contributed by atoms with Crippen LogP contribution in [0.4, 0.5) is 5.69 Å². The number of nitrogens with zero attached hydrogens (tertiary/aromatic N) is 1. The number of fused-ring (bicyclic) bond motifs is 2. The Labute approximate surface area is 128 Å². The fourth-order valence-electron chi connectivity index (χ4n) is 3.36. The molecule has 1 aromatic rings. The van der Waals surface area contributed by atoms with Gasteiger partial charge in [0.2, 0.25) is 0 Å². The van der Waals surface area contributed by atoms with Crippen LogP contribution in [0.5, 0.6) is 0 Å². The third-order valence-electron chi connectivity index (χ3n) is 4.51. The molecule has 0 atom stereocenters. The first-order chi connectivity index (χ1) is 10.7. The predicted octanol–water partition coefficient (Wildman–Crippen LogP) is 1.46. The van der Waals surface area contributed by atoms with E-state index in [4.69, 9.17) is 9.47 Å². The van der Waals surface area contributed by atoms with E-state index in [2.05, 4.69) is 5.32 Å². The summed E-state index contributed by atoms with van der Waals surface area (Å²) in [5, 5.41) is 2.76. The number of hydrogen-bond acceptors (Lipinski definition) is 4. The molecule has 2 amide bonds. The Morgan fingerprint density at radius 1 is 1.14 bits per heavy atom. The van der Waals surface area contributed by atoms with Crippen molar-refractivity contribution < 1.29 is 19.1 Å². The Morgan fingerprint density at radius 3 is 2.59 bits per heavy atom. The highest BCUT2D eigenvalue weighted by Gasteiger charge is 2.52. The minimum Gasteiger partial charge on any atom is -0.339 e. The molecule has 22 heavy (non-hydrogen) atoms. The number of anilines is 1. The largest absolute Gasteiger partial charge is 0.339 e. The zero-order valence-electron chi connectivity index (χ0n) is 12.3. The lowest BCUT2D eigenvalue weighted by molar-refractivity contribution is -0.178. The van der Waals surface area contributed by atoms with Gasteiger partial charge in [0.25, 0.3) is 17.6 Å². The highest BCUT2D eigenvalue weighted by molar-refractivity contribution is 6.05. The normalized spacial score (nSPS) is 22.7. The van der Waals surface area contributed by atoms with Crippen molar-refractivity contribution in [1.29, 1.82) is 0 Å². The monoisotopic (exact) mass is 302 g/mol. The van der Waals surface area contributed by atoms with Gasteiger partial charge in [-0.15, -0.1) is 0 Å². The first-order valence-electron chi connectivity index (χ1n) is 7.74. The smallest absolute Gasteiger partial charge is 0.289 e. The number of carbonyl (C=O) groups excluding carboxylic acids is 2. The number of carbonyl (C=O) groups is 2. The number of amides is 2. The van der Waals surface area contributed by atoms with Gasteiger partial charge in [-0.1, -0.05) is 0 Å². The van der Waals surface area contributed by atoms with Gasteiger partial charge < -0.3 is 19.7 Å². The van der Waals surface area contributed by atoms with Crippen molar-refractivity contribution in [1.82, 2.24) is 4.90 Å². The van der Waals surface area contributed by atoms with E-state index >= 15 is 0 Å². The molecule has 1 spiro atoms. The molecular weight excluding hydrogens is 284 g/mol.